The topological polar surface area (TPSA) is 407 Å². The first kappa shape index (κ1) is 90.1. The number of piperidine rings is 2. The van der Waals surface area contributed by atoms with Gasteiger partial charge in [-0.05, 0) is 232 Å². The van der Waals surface area contributed by atoms with E-state index in [1.54, 1.807) is 133 Å². The first-order chi connectivity index (χ1) is 59.6. The molecule has 34 heteroatoms. The third kappa shape index (κ3) is 20.7. The third-order valence-electron chi connectivity index (χ3n) is 22.3. The summed E-state index contributed by atoms with van der Waals surface area (Å²) in [5.41, 5.74) is 23.6. The molecule has 30 nitrogen and oxygen atoms in total. The van der Waals surface area contributed by atoms with Gasteiger partial charge in [0, 0.05) is 109 Å². The summed E-state index contributed by atoms with van der Waals surface area (Å²) in [6.07, 6.45) is 11.7. The van der Waals surface area contributed by atoms with Crippen molar-refractivity contribution in [1.29, 1.82) is 0 Å². The van der Waals surface area contributed by atoms with Gasteiger partial charge in [-0.1, -0.05) is 48.0 Å². The van der Waals surface area contributed by atoms with E-state index in [1.807, 2.05) is 61.5 Å². The molecule has 125 heavy (non-hydrogen) atoms. The molecule has 660 valence electrons. The van der Waals surface area contributed by atoms with Gasteiger partial charge in [0.05, 0.1) is 112 Å². The lowest BCUT2D eigenvalue weighted by Gasteiger charge is -2.29. The van der Waals surface area contributed by atoms with Gasteiger partial charge in [-0.25, -0.2) is 40.2 Å². The number of nitrogens with two attached hydrogens (primary N) is 1. The molecule has 7 heterocycles. The van der Waals surface area contributed by atoms with Gasteiger partial charge in [-0.15, -0.1) is 0 Å². The minimum absolute atomic E-state index is 0.0389. The SMILES string of the molecule is CC(C)Oc1cc2c(cc1Nc1ncc(Cl)c(Nc3ccccc3S(=O)(=O)C(C)C)n1)C(=O)CC2.Cc1cnc(Nc2cc3c(cc2OC(C)C)Cc2c-3n[nH]c2CN2CCC(N)CC2)nc1Nc1ccccc1S(=O)(=O)C(C)C.Cc1cnc(Nc2cc3c(cc2OC(C)C)Cc2c-3n[nH]c2CNC2CCNCC2)nc1Nc1ccccc1S(=O)(=O)C(C)C. The molecule has 0 amide bonds. The molecule has 3 aliphatic carbocycles. The largest absolute Gasteiger partial charge is 0.489 e. The summed E-state index contributed by atoms with van der Waals surface area (Å²) in [4.78, 5) is 42.6. The normalized spacial score (nSPS) is 14.6. The van der Waals surface area contributed by atoms with E-state index in [9.17, 15) is 30.0 Å². The molecule has 16 rings (SSSR count). The van der Waals surface area contributed by atoms with Crippen LogP contribution in [0.15, 0.2) is 142 Å². The lowest BCUT2D eigenvalue weighted by molar-refractivity contribution is 0.0994. The van der Waals surface area contributed by atoms with Crippen molar-refractivity contribution in [1.82, 2.24) is 65.8 Å². The number of nitrogens with one attached hydrogen (secondary N) is 10. The zero-order valence-electron chi connectivity index (χ0n) is 72.9. The van der Waals surface area contributed by atoms with E-state index >= 15 is 0 Å². The molecule has 5 aliphatic rings. The van der Waals surface area contributed by atoms with E-state index in [0.717, 1.165) is 140 Å². The van der Waals surface area contributed by atoms with E-state index in [4.69, 9.17) is 51.7 Å². The number of hydrogen-bond donors (Lipinski definition) is 11. The molecule has 0 atom stereocenters. The minimum Gasteiger partial charge on any atom is -0.489 e. The molecule has 0 radical (unpaired) electrons. The highest BCUT2D eigenvalue weighted by Gasteiger charge is 2.34. The highest BCUT2D eigenvalue weighted by atomic mass is 35.5. The van der Waals surface area contributed by atoms with Crippen molar-refractivity contribution in [3.8, 4) is 39.8 Å². The van der Waals surface area contributed by atoms with Crippen LogP contribution in [0.4, 0.5) is 69.4 Å². The number of Topliss-reactive ketones (excluding diaryl/α,β-unsaturated/α-hetero) is 1. The van der Waals surface area contributed by atoms with Crippen molar-refractivity contribution < 1.29 is 44.3 Å². The number of benzene rings is 6. The number of aromatic nitrogens is 10. The van der Waals surface area contributed by atoms with Gasteiger partial charge in [0.2, 0.25) is 17.8 Å². The molecule has 0 spiro atoms. The summed E-state index contributed by atoms with van der Waals surface area (Å²) >= 11 is 6.34. The zero-order chi connectivity index (χ0) is 88.9. The highest BCUT2D eigenvalue weighted by molar-refractivity contribution is 7.92. The fourth-order valence-electron chi connectivity index (χ4n) is 15.4. The quantitative estimate of drug-likeness (QED) is 0.0207. The van der Waals surface area contributed by atoms with Crippen molar-refractivity contribution in [2.75, 3.05) is 58.1 Å². The number of halogens is 1. The number of fused-ring (bicyclic) bond motifs is 7. The van der Waals surface area contributed by atoms with Crippen LogP contribution in [-0.4, -0.2) is 159 Å². The van der Waals surface area contributed by atoms with Crippen molar-refractivity contribution in [2.45, 2.75) is 222 Å². The Bertz CT molecular complexity index is 6170. The Kier molecular flexibility index (Phi) is 27.6. The van der Waals surface area contributed by atoms with Gasteiger partial charge in [-0.3, -0.25) is 19.9 Å². The summed E-state index contributed by atoms with van der Waals surface area (Å²) in [6, 6.07) is 33.1. The molecule has 12 N–H and O–H groups in total. The summed E-state index contributed by atoms with van der Waals surface area (Å²) in [6.45, 7) is 31.2. The van der Waals surface area contributed by atoms with E-state index in [2.05, 4.69) is 102 Å². The number of H-pyrrole nitrogens is 2. The maximum atomic E-state index is 13.0. The second-order valence-electron chi connectivity index (χ2n) is 33.7. The molecule has 6 aromatic carbocycles. The number of nitrogens with zero attached hydrogens (tertiary/aromatic N) is 9. The lowest BCUT2D eigenvalue weighted by Crippen LogP contribution is -2.39. The van der Waals surface area contributed by atoms with Crippen molar-refractivity contribution in [3.63, 3.8) is 0 Å². The molecular weight excluding hydrogens is 1660 g/mol. The van der Waals surface area contributed by atoms with Crippen LogP contribution in [0, 0.1) is 13.8 Å². The summed E-state index contributed by atoms with van der Waals surface area (Å²) in [7, 11) is -10.6. The number of aryl methyl sites for hydroxylation is 3. The predicted molar refractivity (Wildman–Crippen MR) is 492 cm³/mol. The van der Waals surface area contributed by atoms with Gasteiger partial charge in [0.25, 0.3) is 0 Å². The van der Waals surface area contributed by atoms with E-state index < -0.39 is 45.3 Å². The average Bonchev–Trinajstić information content (AvgIpc) is 1.61. The summed E-state index contributed by atoms with van der Waals surface area (Å²) in [5.74, 6) is 4.25. The van der Waals surface area contributed by atoms with Crippen LogP contribution in [0.25, 0.3) is 22.5 Å². The van der Waals surface area contributed by atoms with E-state index in [0.29, 0.717) is 94.0 Å². The van der Waals surface area contributed by atoms with Gasteiger partial charge in [0.15, 0.2) is 41.1 Å². The van der Waals surface area contributed by atoms with Crippen LogP contribution in [0.3, 0.4) is 0 Å². The van der Waals surface area contributed by atoms with Crippen LogP contribution >= 0.6 is 11.6 Å². The van der Waals surface area contributed by atoms with Crippen molar-refractivity contribution >= 4 is 116 Å². The first-order valence-corrected chi connectivity index (χ1v) is 47.6. The predicted octanol–water partition coefficient (Wildman–Crippen LogP) is 16.6. The number of anilines is 12. The fourth-order valence-corrected chi connectivity index (χ4v) is 19.2. The monoisotopic (exact) mass is 1770 g/mol. The number of rotatable bonds is 29. The van der Waals surface area contributed by atoms with Crippen LogP contribution in [0.1, 0.15) is 176 Å². The standard InChI is InChI=1S/2C33H42N8O3S.C25H27ClN4O4S/c1-19(2)44-29-15-22-14-25-28(18-41-12-10-23(34)11-13-41)39-40-31(25)24(22)16-27(29)37-33-35-17-21(5)32(38-33)36-26-8-6-7-9-30(26)45(42,43)20(3)4;1-19(2)44-29-15-22-14-25-28(18-35-23-10-12-34-13-11-23)40-41-31(25)24(22)16-27(29)38-33-36-17-21(5)32(39-33)37-26-8-6-7-9-30(26)45(42,43)20(3)4;1-14(2)34-22-11-16-9-10-21(31)17(16)12-20(22)29-25-27-13-18(26)24(30-25)28-19-7-5-6-8-23(19)35(32,33)15(3)4/h6-9,15-17,19-20,23H,10-14,18,34H2,1-5H3,(H,39,40)(H2,35,36,37,38);6-9,15-17,19-20,23,34-35H,10-14,18H2,1-5H3,(H,40,41)(H2,36,37,38,39);5-8,11-15H,9-10H2,1-4H3,(H2,27,28,29,30). The maximum Gasteiger partial charge on any atom is 0.229 e. The van der Waals surface area contributed by atoms with E-state index in [1.165, 1.54) is 28.5 Å². The van der Waals surface area contributed by atoms with Gasteiger partial charge in [-0.2, -0.15) is 25.1 Å². The minimum atomic E-state index is -3.54. The molecule has 0 unspecified atom stereocenters. The Balaban J connectivity index is 0.000000154. The molecule has 2 saturated heterocycles. The second kappa shape index (κ2) is 38.3. The van der Waals surface area contributed by atoms with Crippen molar-refractivity contribution in [3.05, 3.63) is 189 Å². The number of ether oxygens (including phenoxy) is 3. The molecule has 11 aromatic rings. The molecule has 2 fully saturated rings. The lowest BCUT2D eigenvalue weighted by atomic mass is 10.1. The van der Waals surface area contributed by atoms with Crippen LogP contribution in [0.5, 0.6) is 17.2 Å². The highest BCUT2D eigenvalue weighted by Crippen LogP contribution is 2.47. The molecule has 5 aromatic heterocycles. The molecule has 0 bridgehead atoms. The Morgan fingerprint density at radius 3 is 1.31 bits per heavy atom. The number of likely N-dealkylation sites (tertiary alicyclic amines) is 1. The van der Waals surface area contributed by atoms with Gasteiger partial charge in [0.1, 0.15) is 33.9 Å². The second-order valence-corrected chi connectivity index (χ2v) is 41.6. The Morgan fingerprint density at radius 2 is 0.872 bits per heavy atom. The number of carbonyl (C=O) groups excluding carboxylic acids is 1. The van der Waals surface area contributed by atoms with E-state index in [-0.39, 0.29) is 55.6 Å². The molecule has 2 aliphatic heterocycles. The fraction of sp³-hybridized carbons (Fsp3) is 0.396. The number of carbonyl (C=O) groups is 1. The summed E-state index contributed by atoms with van der Waals surface area (Å²) < 4.78 is 96.3. The molecule has 0 saturated carbocycles. The Labute approximate surface area is 736 Å². The zero-order valence-corrected chi connectivity index (χ0v) is 76.1. The van der Waals surface area contributed by atoms with Crippen LogP contribution < -0.4 is 62.5 Å². The molecular formula is C91H111ClN20O10S3. The van der Waals surface area contributed by atoms with Crippen LogP contribution in [0.2, 0.25) is 5.02 Å². The third-order valence-corrected chi connectivity index (χ3v) is 29.2. The maximum absolute atomic E-state index is 13.0. The number of aromatic amines is 2. The Morgan fingerprint density at radius 1 is 0.480 bits per heavy atom. The first-order valence-electron chi connectivity index (χ1n) is 42.5. The average molecular weight is 1780 g/mol. The number of para-hydroxylation sites is 3. The van der Waals surface area contributed by atoms with Gasteiger partial charge < -0.3 is 62.5 Å². The van der Waals surface area contributed by atoms with Crippen molar-refractivity contribution in [2.24, 2.45) is 5.73 Å². The Hall–Kier alpha value is -11.2. The summed E-state index contributed by atoms with van der Waals surface area (Å²) in [5, 5.41) is 41.0. The van der Waals surface area contributed by atoms with Crippen LogP contribution in [-0.2, 0) is 61.9 Å². The number of sulfone groups is 3. The smallest absolute Gasteiger partial charge is 0.229 e. The number of ketones is 1. The van der Waals surface area contributed by atoms with Gasteiger partial charge >= 0.3 is 0 Å². The number of hydrogen-bond acceptors (Lipinski definition) is 28.